The fourth-order valence-corrected chi connectivity index (χ4v) is 4.03. The topological polar surface area (TPSA) is 82.5 Å². The summed E-state index contributed by atoms with van der Waals surface area (Å²) in [6.07, 6.45) is 3.20. The van der Waals surface area contributed by atoms with Crippen LogP contribution in [0.25, 0.3) is 28.2 Å². The highest BCUT2D eigenvalue weighted by molar-refractivity contribution is 7.99. The summed E-state index contributed by atoms with van der Waals surface area (Å²) in [6, 6.07) is 14.0. The number of benzene rings is 2. The van der Waals surface area contributed by atoms with Gasteiger partial charge in [0.15, 0.2) is 5.65 Å². The average Bonchev–Trinajstić information content (AvgIpc) is 3.43. The van der Waals surface area contributed by atoms with Crippen molar-refractivity contribution in [2.75, 3.05) is 0 Å². The lowest BCUT2D eigenvalue weighted by molar-refractivity contribution is 0.509. The first-order chi connectivity index (χ1) is 15.1. The Morgan fingerprint density at radius 2 is 1.77 bits per heavy atom. The van der Waals surface area contributed by atoms with Gasteiger partial charge in [0.25, 0.3) is 0 Å². The predicted molar refractivity (Wildman–Crippen MR) is 115 cm³/mol. The Hall–Kier alpha value is -3.59. The number of rotatable bonds is 5. The van der Waals surface area contributed by atoms with E-state index in [2.05, 4.69) is 25.3 Å². The normalized spacial score (nSPS) is 12.4. The van der Waals surface area contributed by atoms with Gasteiger partial charge >= 0.3 is 0 Å². The summed E-state index contributed by atoms with van der Waals surface area (Å²) in [4.78, 5) is 8.78. The van der Waals surface area contributed by atoms with Gasteiger partial charge in [-0.3, -0.25) is 0 Å². The van der Waals surface area contributed by atoms with Crippen molar-refractivity contribution in [1.82, 2.24) is 29.9 Å². The van der Waals surface area contributed by atoms with Crippen LogP contribution < -0.4 is 0 Å². The van der Waals surface area contributed by atoms with Gasteiger partial charge < -0.3 is 4.42 Å². The van der Waals surface area contributed by atoms with E-state index < -0.39 is 0 Å². The molecule has 2 aromatic carbocycles. The van der Waals surface area contributed by atoms with Gasteiger partial charge in [-0.05, 0) is 50.2 Å². The first-order valence-electron chi connectivity index (χ1n) is 9.60. The fraction of sp³-hybridized carbons (Fsp3) is 0.136. The number of thioether (sulfide) groups is 1. The van der Waals surface area contributed by atoms with Gasteiger partial charge in [0.1, 0.15) is 17.2 Å². The average molecular weight is 432 g/mol. The molecule has 1 unspecified atom stereocenters. The second-order valence-corrected chi connectivity index (χ2v) is 8.35. The van der Waals surface area contributed by atoms with Crippen LogP contribution in [0.5, 0.6) is 0 Å². The maximum absolute atomic E-state index is 13.3. The molecule has 3 heterocycles. The zero-order valence-electron chi connectivity index (χ0n) is 16.7. The van der Waals surface area contributed by atoms with Crippen molar-refractivity contribution < 1.29 is 8.81 Å². The van der Waals surface area contributed by atoms with Crippen molar-refractivity contribution in [2.24, 2.45) is 0 Å². The van der Waals surface area contributed by atoms with E-state index in [0.29, 0.717) is 17.4 Å². The zero-order chi connectivity index (χ0) is 21.4. The van der Waals surface area contributed by atoms with Gasteiger partial charge in [0.2, 0.25) is 11.8 Å². The molecule has 0 aliphatic rings. The number of fused-ring (bicyclic) bond motifs is 1. The van der Waals surface area contributed by atoms with E-state index in [1.807, 2.05) is 38.1 Å². The largest absolute Gasteiger partial charge is 0.419 e. The SMILES string of the molecule is Cc1ccc(-c2nnc(C(C)Sc3ncnc4c3cnn4-c3ccc(F)cc3)o2)cc1. The van der Waals surface area contributed by atoms with Crippen molar-refractivity contribution in [1.29, 1.82) is 0 Å². The second-order valence-electron chi connectivity index (χ2n) is 7.02. The van der Waals surface area contributed by atoms with Gasteiger partial charge in [-0.1, -0.05) is 29.5 Å². The molecule has 0 aliphatic carbocycles. The number of hydrogen-bond acceptors (Lipinski definition) is 7. The predicted octanol–water partition coefficient (Wildman–Crippen LogP) is 5.17. The molecule has 0 bridgehead atoms. The van der Waals surface area contributed by atoms with E-state index in [1.165, 1.54) is 35.8 Å². The van der Waals surface area contributed by atoms with E-state index in [-0.39, 0.29) is 11.1 Å². The molecule has 31 heavy (non-hydrogen) atoms. The standard InChI is InChI=1S/C22H17FN6OS/c1-13-3-5-15(6-4-13)21-28-27-20(30-21)14(2)31-22-18-11-26-29(19(18)24-12-25-22)17-9-7-16(23)8-10-17/h3-12,14H,1-2H3. The third-order valence-corrected chi connectivity index (χ3v) is 5.88. The monoisotopic (exact) mass is 432 g/mol. The van der Waals surface area contributed by atoms with Crippen LogP contribution in [-0.2, 0) is 0 Å². The van der Waals surface area contributed by atoms with Crippen molar-refractivity contribution in [2.45, 2.75) is 24.1 Å². The summed E-state index contributed by atoms with van der Waals surface area (Å²) in [7, 11) is 0. The lowest BCUT2D eigenvalue weighted by Crippen LogP contribution is -1.98. The molecule has 9 heteroatoms. The number of aryl methyl sites for hydroxylation is 1. The third kappa shape index (κ3) is 3.79. The van der Waals surface area contributed by atoms with Gasteiger partial charge in [0.05, 0.1) is 22.5 Å². The smallest absolute Gasteiger partial charge is 0.247 e. The molecule has 0 saturated heterocycles. The minimum Gasteiger partial charge on any atom is -0.419 e. The van der Waals surface area contributed by atoms with Gasteiger partial charge in [-0.2, -0.15) is 5.10 Å². The molecule has 0 spiro atoms. The molecule has 5 rings (SSSR count). The summed E-state index contributed by atoms with van der Waals surface area (Å²) in [5, 5.41) is 14.2. The second kappa shape index (κ2) is 7.92. The van der Waals surface area contributed by atoms with E-state index in [0.717, 1.165) is 21.7 Å². The molecule has 154 valence electrons. The molecular formula is C22H17FN6OS. The van der Waals surface area contributed by atoms with Crippen LogP contribution in [0.2, 0.25) is 0 Å². The van der Waals surface area contributed by atoms with Crippen LogP contribution in [0.15, 0.2) is 70.5 Å². The molecule has 0 aliphatic heterocycles. The Morgan fingerprint density at radius 1 is 1.00 bits per heavy atom. The summed E-state index contributed by atoms with van der Waals surface area (Å²) in [5.41, 5.74) is 3.41. The van der Waals surface area contributed by atoms with Gasteiger partial charge in [-0.15, -0.1) is 10.2 Å². The molecule has 0 fully saturated rings. The first kappa shape index (κ1) is 19.4. The summed E-state index contributed by atoms with van der Waals surface area (Å²) < 4.78 is 20.8. The molecule has 0 saturated carbocycles. The van der Waals surface area contributed by atoms with Crippen LogP contribution in [0.3, 0.4) is 0 Å². The molecular weight excluding hydrogens is 415 g/mol. The lowest BCUT2D eigenvalue weighted by atomic mass is 10.1. The first-order valence-corrected chi connectivity index (χ1v) is 10.5. The summed E-state index contributed by atoms with van der Waals surface area (Å²) >= 11 is 1.49. The highest BCUT2D eigenvalue weighted by Crippen LogP contribution is 2.37. The minimum atomic E-state index is -0.301. The molecule has 3 aromatic heterocycles. The van der Waals surface area contributed by atoms with E-state index in [9.17, 15) is 4.39 Å². The number of nitrogens with zero attached hydrogens (tertiary/aromatic N) is 6. The number of hydrogen-bond donors (Lipinski definition) is 0. The number of aromatic nitrogens is 6. The maximum atomic E-state index is 13.3. The maximum Gasteiger partial charge on any atom is 0.247 e. The Labute approximate surface area is 181 Å². The van der Waals surface area contributed by atoms with E-state index in [4.69, 9.17) is 4.42 Å². The Bertz CT molecular complexity index is 1350. The molecule has 5 aromatic rings. The highest BCUT2D eigenvalue weighted by Gasteiger charge is 2.20. The third-order valence-electron chi connectivity index (χ3n) is 4.78. The fourth-order valence-electron chi connectivity index (χ4n) is 3.12. The summed E-state index contributed by atoms with van der Waals surface area (Å²) in [6.45, 7) is 4.01. The van der Waals surface area contributed by atoms with Crippen LogP contribution in [0, 0.1) is 12.7 Å². The van der Waals surface area contributed by atoms with Gasteiger partial charge in [0, 0.05) is 5.56 Å². The van der Waals surface area contributed by atoms with E-state index in [1.54, 1.807) is 23.0 Å². The van der Waals surface area contributed by atoms with Crippen LogP contribution >= 0.6 is 11.8 Å². The minimum absolute atomic E-state index is 0.126. The number of halogens is 1. The lowest BCUT2D eigenvalue weighted by Gasteiger charge is -2.07. The van der Waals surface area contributed by atoms with Crippen LogP contribution in [-0.4, -0.2) is 29.9 Å². The van der Waals surface area contributed by atoms with Crippen LogP contribution in [0.1, 0.15) is 23.6 Å². The van der Waals surface area contributed by atoms with Crippen molar-refractivity contribution in [3.05, 3.63) is 78.3 Å². The quantitative estimate of drug-likeness (QED) is 0.280. The zero-order valence-corrected chi connectivity index (χ0v) is 17.5. The molecule has 0 amide bonds. The molecule has 1 atom stereocenters. The van der Waals surface area contributed by atoms with Crippen LogP contribution in [0.4, 0.5) is 4.39 Å². The molecule has 0 radical (unpaired) electrons. The highest BCUT2D eigenvalue weighted by atomic mass is 32.2. The van der Waals surface area contributed by atoms with Crippen molar-refractivity contribution in [3.63, 3.8) is 0 Å². The molecule has 7 nitrogen and oxygen atoms in total. The summed E-state index contributed by atoms with van der Waals surface area (Å²) in [5.74, 6) is 0.696. The Balaban J connectivity index is 1.42. The van der Waals surface area contributed by atoms with E-state index >= 15 is 0 Å². The van der Waals surface area contributed by atoms with Crippen molar-refractivity contribution >= 4 is 22.8 Å². The molecule has 0 N–H and O–H groups in total. The Kier molecular flexibility index (Phi) is 4.95. The van der Waals surface area contributed by atoms with Gasteiger partial charge in [-0.25, -0.2) is 19.0 Å². The Morgan fingerprint density at radius 3 is 2.55 bits per heavy atom. The van der Waals surface area contributed by atoms with Crippen molar-refractivity contribution in [3.8, 4) is 17.1 Å².